The number of carbonyl (C=O) groups is 1. The Balaban J connectivity index is 1.86. The van der Waals surface area contributed by atoms with Gasteiger partial charge in [0.25, 0.3) is 5.91 Å². The first-order valence-corrected chi connectivity index (χ1v) is 8.03. The van der Waals surface area contributed by atoms with E-state index in [4.69, 9.17) is 0 Å². The minimum Gasteiger partial charge on any atom is -0.390 e. The number of hydrogen-bond donors (Lipinski definition) is 3. The minimum atomic E-state index is -0.761. The molecule has 3 N–H and O–H groups in total. The van der Waals surface area contributed by atoms with Gasteiger partial charge in [0.2, 0.25) is 0 Å². The van der Waals surface area contributed by atoms with Crippen molar-refractivity contribution < 1.29 is 15.0 Å². The van der Waals surface area contributed by atoms with Crippen LogP contribution in [0.15, 0.2) is 48.8 Å². The Morgan fingerprint density at radius 1 is 1.17 bits per heavy atom. The zero-order chi connectivity index (χ0) is 17.6. The largest absolute Gasteiger partial charge is 0.390 e. The van der Waals surface area contributed by atoms with E-state index in [1.807, 2.05) is 12.1 Å². The van der Waals surface area contributed by atoms with Gasteiger partial charge in [-0.2, -0.15) is 0 Å². The summed E-state index contributed by atoms with van der Waals surface area (Å²) >= 11 is 0. The van der Waals surface area contributed by atoms with Gasteiger partial charge >= 0.3 is 0 Å². The lowest BCUT2D eigenvalue weighted by molar-refractivity contribution is 0.0713. The fraction of sp³-hybridized carbons (Fsp3) is 0.368. The molecule has 0 spiro atoms. The first kappa shape index (κ1) is 18.1. The Labute approximate surface area is 142 Å². The van der Waals surface area contributed by atoms with E-state index < -0.39 is 11.7 Å². The Morgan fingerprint density at radius 2 is 1.79 bits per heavy atom. The third-order valence-corrected chi connectivity index (χ3v) is 3.79. The number of aromatic nitrogens is 1. The minimum absolute atomic E-state index is 0.142. The van der Waals surface area contributed by atoms with E-state index in [0.717, 1.165) is 12.0 Å². The molecule has 5 nitrogen and oxygen atoms in total. The fourth-order valence-electron chi connectivity index (χ4n) is 2.27. The highest BCUT2D eigenvalue weighted by molar-refractivity contribution is 5.94. The lowest BCUT2D eigenvalue weighted by Crippen LogP contribution is -2.28. The van der Waals surface area contributed by atoms with Gasteiger partial charge in [-0.25, -0.2) is 0 Å². The van der Waals surface area contributed by atoms with Gasteiger partial charge in [0.15, 0.2) is 0 Å². The van der Waals surface area contributed by atoms with Crippen LogP contribution in [0.2, 0.25) is 0 Å². The Hall–Kier alpha value is -2.24. The topological polar surface area (TPSA) is 82.5 Å². The van der Waals surface area contributed by atoms with Crippen LogP contribution in [0.1, 0.15) is 47.9 Å². The molecule has 0 saturated carbocycles. The number of carbonyl (C=O) groups excluding carboxylic acids is 1. The standard InChI is InChI=1S/C19H24N2O3/c1-19(2,24)10-7-14-3-5-16(6-4-14)18(23)21-13-17(22)15-8-11-20-12-9-15/h3-6,8-9,11-12,17,22,24H,7,10,13H2,1-2H3,(H,21,23)/t17-/m0/s1. The number of nitrogens with zero attached hydrogens (tertiary/aromatic N) is 1. The van der Waals surface area contributed by atoms with Crippen molar-refractivity contribution in [2.75, 3.05) is 6.54 Å². The van der Waals surface area contributed by atoms with Gasteiger partial charge in [0, 0.05) is 24.5 Å². The summed E-state index contributed by atoms with van der Waals surface area (Å²) in [5.74, 6) is -0.225. The van der Waals surface area contributed by atoms with E-state index in [1.165, 1.54) is 0 Å². The van der Waals surface area contributed by atoms with Gasteiger partial charge in [-0.15, -0.1) is 0 Å². The normalized spacial score (nSPS) is 12.7. The molecule has 1 atom stereocenters. The molecule has 1 amide bonds. The van der Waals surface area contributed by atoms with Crippen LogP contribution in [0, 0.1) is 0 Å². The van der Waals surface area contributed by atoms with Crippen molar-refractivity contribution in [2.24, 2.45) is 0 Å². The molecule has 128 valence electrons. The first-order valence-electron chi connectivity index (χ1n) is 8.03. The molecule has 2 rings (SSSR count). The van der Waals surface area contributed by atoms with Gasteiger partial charge < -0.3 is 15.5 Å². The van der Waals surface area contributed by atoms with Crippen molar-refractivity contribution in [3.05, 3.63) is 65.5 Å². The molecule has 0 bridgehead atoms. The van der Waals surface area contributed by atoms with Crippen LogP contribution in [0.4, 0.5) is 0 Å². The smallest absolute Gasteiger partial charge is 0.251 e. The maximum atomic E-state index is 12.1. The van der Waals surface area contributed by atoms with Crippen LogP contribution in [-0.2, 0) is 6.42 Å². The quantitative estimate of drug-likeness (QED) is 0.728. The maximum absolute atomic E-state index is 12.1. The molecule has 1 aromatic heterocycles. The van der Waals surface area contributed by atoms with E-state index >= 15 is 0 Å². The summed E-state index contributed by atoms with van der Waals surface area (Å²) in [6.07, 6.45) is 3.87. The molecule has 0 aliphatic rings. The van der Waals surface area contributed by atoms with Crippen molar-refractivity contribution in [3.8, 4) is 0 Å². The summed E-state index contributed by atoms with van der Waals surface area (Å²) in [5.41, 5.74) is 1.64. The molecular formula is C19H24N2O3. The summed E-state index contributed by atoms with van der Waals surface area (Å²) in [6.45, 7) is 3.70. The number of hydrogen-bond acceptors (Lipinski definition) is 4. The molecule has 2 aromatic rings. The van der Waals surface area contributed by atoms with Gasteiger partial charge in [-0.1, -0.05) is 12.1 Å². The number of aryl methyl sites for hydroxylation is 1. The Kier molecular flexibility index (Phi) is 6.06. The van der Waals surface area contributed by atoms with Gasteiger partial charge in [-0.3, -0.25) is 9.78 Å². The molecule has 0 saturated heterocycles. The monoisotopic (exact) mass is 328 g/mol. The highest BCUT2D eigenvalue weighted by Gasteiger charge is 2.13. The fourth-order valence-corrected chi connectivity index (χ4v) is 2.27. The van der Waals surface area contributed by atoms with E-state index in [-0.39, 0.29) is 12.5 Å². The molecule has 0 aliphatic carbocycles. The first-order chi connectivity index (χ1) is 11.3. The second-order valence-corrected chi connectivity index (χ2v) is 6.52. The van der Waals surface area contributed by atoms with Crippen LogP contribution < -0.4 is 5.32 Å². The molecule has 0 unspecified atom stereocenters. The Bertz CT molecular complexity index is 649. The molecule has 0 aliphatic heterocycles. The van der Waals surface area contributed by atoms with Gasteiger partial charge in [-0.05, 0) is 62.1 Å². The van der Waals surface area contributed by atoms with E-state index in [9.17, 15) is 15.0 Å². The third-order valence-electron chi connectivity index (χ3n) is 3.79. The van der Waals surface area contributed by atoms with Crippen LogP contribution in [-0.4, -0.2) is 33.3 Å². The summed E-state index contributed by atoms with van der Waals surface area (Å²) in [7, 11) is 0. The number of aliphatic hydroxyl groups is 2. The molecular weight excluding hydrogens is 304 g/mol. The summed E-state index contributed by atoms with van der Waals surface area (Å²) in [5, 5.41) is 22.5. The average molecular weight is 328 g/mol. The number of nitrogens with one attached hydrogen (secondary N) is 1. The molecule has 0 fully saturated rings. The summed E-state index contributed by atoms with van der Waals surface area (Å²) < 4.78 is 0. The molecule has 1 aromatic carbocycles. The van der Waals surface area contributed by atoms with Crippen molar-refractivity contribution in [1.29, 1.82) is 0 Å². The van der Waals surface area contributed by atoms with Crippen LogP contribution in [0.5, 0.6) is 0 Å². The lowest BCUT2D eigenvalue weighted by atomic mass is 9.98. The van der Waals surface area contributed by atoms with Crippen LogP contribution in [0.25, 0.3) is 0 Å². The second kappa shape index (κ2) is 8.04. The van der Waals surface area contributed by atoms with E-state index in [0.29, 0.717) is 17.5 Å². The number of amides is 1. The highest BCUT2D eigenvalue weighted by Crippen LogP contribution is 2.14. The van der Waals surface area contributed by atoms with E-state index in [1.54, 1.807) is 50.5 Å². The molecule has 1 heterocycles. The molecule has 0 radical (unpaired) electrons. The lowest BCUT2D eigenvalue weighted by Gasteiger charge is -2.16. The number of rotatable bonds is 7. The predicted octanol–water partition coefficient (Wildman–Crippen LogP) is 2.25. The SMILES string of the molecule is CC(C)(O)CCc1ccc(C(=O)NC[C@H](O)c2ccncc2)cc1. The highest BCUT2D eigenvalue weighted by atomic mass is 16.3. The van der Waals surface area contributed by atoms with Gasteiger partial charge in [0.1, 0.15) is 0 Å². The second-order valence-electron chi connectivity index (χ2n) is 6.52. The predicted molar refractivity (Wildman–Crippen MR) is 92.6 cm³/mol. The zero-order valence-electron chi connectivity index (χ0n) is 14.1. The molecule has 24 heavy (non-hydrogen) atoms. The van der Waals surface area contributed by atoms with E-state index in [2.05, 4.69) is 10.3 Å². The summed E-state index contributed by atoms with van der Waals surface area (Å²) in [6, 6.07) is 10.7. The average Bonchev–Trinajstić information content (AvgIpc) is 2.58. The number of pyridine rings is 1. The van der Waals surface area contributed by atoms with Crippen molar-refractivity contribution in [3.63, 3.8) is 0 Å². The van der Waals surface area contributed by atoms with Crippen molar-refractivity contribution in [2.45, 2.75) is 38.4 Å². The summed E-state index contributed by atoms with van der Waals surface area (Å²) in [4.78, 5) is 16.0. The maximum Gasteiger partial charge on any atom is 0.251 e. The van der Waals surface area contributed by atoms with Crippen molar-refractivity contribution >= 4 is 5.91 Å². The number of aliphatic hydroxyl groups excluding tert-OH is 1. The van der Waals surface area contributed by atoms with Crippen LogP contribution in [0.3, 0.4) is 0 Å². The number of benzene rings is 1. The van der Waals surface area contributed by atoms with Crippen LogP contribution >= 0.6 is 0 Å². The Morgan fingerprint density at radius 3 is 2.38 bits per heavy atom. The zero-order valence-corrected chi connectivity index (χ0v) is 14.1. The third kappa shape index (κ3) is 5.76. The molecule has 5 heteroatoms. The van der Waals surface area contributed by atoms with Crippen molar-refractivity contribution in [1.82, 2.24) is 10.3 Å². The van der Waals surface area contributed by atoms with Gasteiger partial charge in [0.05, 0.1) is 11.7 Å².